The van der Waals surface area contributed by atoms with Crippen molar-refractivity contribution in [3.8, 4) is 11.5 Å². The highest BCUT2D eigenvalue weighted by Crippen LogP contribution is 2.51. The number of halogens is 1. The highest BCUT2D eigenvalue weighted by Gasteiger charge is 2.42. The minimum atomic E-state index is -0.412. The van der Waals surface area contributed by atoms with Gasteiger partial charge in [-0.2, -0.15) is 0 Å². The van der Waals surface area contributed by atoms with Crippen molar-refractivity contribution in [3.05, 3.63) is 70.7 Å². The van der Waals surface area contributed by atoms with Gasteiger partial charge >= 0.3 is 0 Å². The minimum absolute atomic E-state index is 0.0154. The summed E-state index contributed by atoms with van der Waals surface area (Å²) in [6, 6.07) is 11.0. The first-order chi connectivity index (χ1) is 13.8. The van der Waals surface area contributed by atoms with Crippen LogP contribution < -0.4 is 9.47 Å². The molecular weight excluding hydrogens is 371 g/mol. The summed E-state index contributed by atoms with van der Waals surface area (Å²) < 4.78 is 24.9. The van der Waals surface area contributed by atoms with E-state index in [1.54, 1.807) is 13.2 Å². The molecule has 0 amide bonds. The number of rotatable bonds is 4. The number of carbonyl (C=O) groups is 2. The zero-order valence-electron chi connectivity index (χ0n) is 16.8. The normalized spacial score (nSPS) is 19.9. The molecule has 2 aromatic carbocycles. The number of carbonyl (C=O) groups excluding carboxylic acids is 2. The fraction of sp³-hybridized carbons (Fsp3) is 0.333. The molecule has 1 heterocycles. The van der Waals surface area contributed by atoms with E-state index >= 15 is 0 Å². The van der Waals surface area contributed by atoms with E-state index in [-0.39, 0.29) is 23.4 Å². The SMILES string of the molecule is COc1cccc2c1OC1=C(C(=O)CC(C)(C)C1)[C@@H]2CC(=O)c1ccc(F)cc1. The number of hydrogen-bond acceptors (Lipinski definition) is 4. The van der Waals surface area contributed by atoms with Gasteiger partial charge in [0, 0.05) is 41.9 Å². The van der Waals surface area contributed by atoms with E-state index in [2.05, 4.69) is 0 Å². The van der Waals surface area contributed by atoms with Crippen LogP contribution in [0.5, 0.6) is 11.5 Å². The summed E-state index contributed by atoms with van der Waals surface area (Å²) in [4.78, 5) is 26.0. The highest BCUT2D eigenvalue weighted by molar-refractivity contribution is 6.02. The first-order valence-corrected chi connectivity index (χ1v) is 9.69. The van der Waals surface area contributed by atoms with E-state index in [4.69, 9.17) is 9.47 Å². The van der Waals surface area contributed by atoms with Crippen LogP contribution in [0.3, 0.4) is 0 Å². The summed E-state index contributed by atoms with van der Waals surface area (Å²) in [5, 5.41) is 0. The highest BCUT2D eigenvalue weighted by atomic mass is 19.1. The van der Waals surface area contributed by atoms with Gasteiger partial charge in [-0.05, 0) is 35.7 Å². The van der Waals surface area contributed by atoms with E-state index in [9.17, 15) is 14.0 Å². The zero-order chi connectivity index (χ0) is 20.8. The van der Waals surface area contributed by atoms with Crippen LogP contribution in [0.4, 0.5) is 4.39 Å². The lowest BCUT2D eigenvalue weighted by molar-refractivity contribution is -0.118. The quantitative estimate of drug-likeness (QED) is 0.667. The Kier molecular flexibility index (Phi) is 4.77. The van der Waals surface area contributed by atoms with Crippen LogP contribution in [0.15, 0.2) is 53.8 Å². The summed E-state index contributed by atoms with van der Waals surface area (Å²) >= 11 is 0. The van der Waals surface area contributed by atoms with Crippen LogP contribution in [0.1, 0.15) is 54.9 Å². The minimum Gasteiger partial charge on any atom is -0.493 e. The fourth-order valence-electron chi connectivity index (χ4n) is 4.26. The predicted octanol–water partition coefficient (Wildman–Crippen LogP) is 5.23. The second kappa shape index (κ2) is 7.14. The first-order valence-electron chi connectivity index (χ1n) is 9.69. The zero-order valence-corrected chi connectivity index (χ0v) is 16.8. The summed E-state index contributed by atoms with van der Waals surface area (Å²) in [5.41, 5.74) is 1.57. The standard InChI is InChI=1S/C24H23FO4/c1-24(2)12-19(27)22-17(11-18(26)14-7-9-15(25)10-8-14)16-5-4-6-20(28-3)23(16)29-21(22)13-24/h4-10,17H,11-13H2,1-3H3/t17-/m1/s1. The molecule has 5 heteroatoms. The summed E-state index contributed by atoms with van der Waals surface area (Å²) in [5.74, 6) is 0.833. The van der Waals surface area contributed by atoms with E-state index in [1.165, 1.54) is 24.3 Å². The van der Waals surface area contributed by atoms with Crippen LogP contribution in [0, 0.1) is 11.2 Å². The van der Waals surface area contributed by atoms with Gasteiger partial charge < -0.3 is 9.47 Å². The third kappa shape index (κ3) is 3.57. The van der Waals surface area contributed by atoms with Crippen LogP contribution in [-0.2, 0) is 4.79 Å². The van der Waals surface area contributed by atoms with E-state index in [0.29, 0.717) is 41.2 Å². The average Bonchev–Trinajstić information content (AvgIpc) is 2.66. The lowest BCUT2D eigenvalue weighted by atomic mass is 9.70. The maximum atomic E-state index is 13.2. The molecule has 4 nitrogen and oxygen atoms in total. The number of ether oxygens (including phenoxy) is 2. The molecule has 0 aromatic heterocycles. The number of allylic oxidation sites excluding steroid dienone is 2. The number of methoxy groups -OCH3 is 1. The van der Waals surface area contributed by atoms with E-state index in [0.717, 1.165) is 5.56 Å². The Morgan fingerprint density at radius 1 is 1.17 bits per heavy atom. The van der Waals surface area contributed by atoms with Crippen molar-refractivity contribution in [2.45, 2.75) is 39.0 Å². The van der Waals surface area contributed by atoms with Gasteiger partial charge in [-0.15, -0.1) is 0 Å². The van der Waals surface area contributed by atoms with Crippen LogP contribution in [-0.4, -0.2) is 18.7 Å². The van der Waals surface area contributed by atoms with Gasteiger partial charge in [-0.3, -0.25) is 9.59 Å². The molecule has 0 radical (unpaired) electrons. The van der Waals surface area contributed by atoms with Crippen molar-refractivity contribution in [1.29, 1.82) is 0 Å². The van der Waals surface area contributed by atoms with Crippen molar-refractivity contribution in [2.24, 2.45) is 5.41 Å². The molecule has 0 saturated heterocycles. The van der Waals surface area contributed by atoms with Gasteiger partial charge in [0.1, 0.15) is 11.6 Å². The number of hydrogen-bond donors (Lipinski definition) is 0. The number of para-hydroxylation sites is 1. The molecule has 150 valence electrons. The first kappa shape index (κ1) is 19.4. The second-order valence-corrected chi connectivity index (χ2v) is 8.45. The Hall–Kier alpha value is -2.95. The van der Waals surface area contributed by atoms with Crippen molar-refractivity contribution in [2.75, 3.05) is 7.11 Å². The van der Waals surface area contributed by atoms with Gasteiger partial charge in [-0.25, -0.2) is 4.39 Å². The Balaban J connectivity index is 1.79. The van der Waals surface area contributed by atoms with Crippen molar-refractivity contribution in [3.63, 3.8) is 0 Å². The maximum absolute atomic E-state index is 13.2. The monoisotopic (exact) mass is 394 g/mol. The average molecular weight is 394 g/mol. The summed E-state index contributed by atoms with van der Waals surface area (Å²) in [7, 11) is 1.57. The second-order valence-electron chi connectivity index (χ2n) is 8.45. The number of fused-ring (bicyclic) bond motifs is 1. The van der Waals surface area contributed by atoms with Gasteiger partial charge in [-0.1, -0.05) is 26.0 Å². The number of benzene rings is 2. The number of Topliss-reactive ketones (excluding diaryl/α,β-unsaturated/α-hetero) is 2. The topological polar surface area (TPSA) is 52.6 Å². The molecule has 29 heavy (non-hydrogen) atoms. The third-order valence-corrected chi connectivity index (χ3v) is 5.61. The van der Waals surface area contributed by atoms with Gasteiger partial charge in [0.2, 0.25) is 0 Å². The summed E-state index contributed by atoms with van der Waals surface area (Å²) in [6.45, 7) is 4.07. The molecule has 0 bridgehead atoms. The maximum Gasteiger partial charge on any atom is 0.172 e. The third-order valence-electron chi connectivity index (χ3n) is 5.61. The lowest BCUT2D eigenvalue weighted by Gasteiger charge is -2.38. The van der Waals surface area contributed by atoms with Crippen LogP contribution >= 0.6 is 0 Å². The van der Waals surface area contributed by atoms with E-state index < -0.39 is 11.7 Å². The van der Waals surface area contributed by atoms with Gasteiger partial charge in [0.15, 0.2) is 23.1 Å². The smallest absolute Gasteiger partial charge is 0.172 e. The summed E-state index contributed by atoms with van der Waals surface area (Å²) in [6.07, 6.45) is 1.14. The van der Waals surface area contributed by atoms with Crippen molar-refractivity contribution >= 4 is 11.6 Å². The molecule has 0 N–H and O–H groups in total. The van der Waals surface area contributed by atoms with Crippen molar-refractivity contribution in [1.82, 2.24) is 0 Å². The molecule has 4 rings (SSSR count). The Labute approximate surface area is 169 Å². The Morgan fingerprint density at radius 2 is 1.90 bits per heavy atom. The molecule has 1 aliphatic carbocycles. The molecule has 2 aliphatic rings. The fourth-order valence-corrected chi connectivity index (χ4v) is 4.26. The molecule has 1 aliphatic heterocycles. The molecule has 1 atom stereocenters. The Bertz CT molecular complexity index is 1020. The molecule has 0 unspecified atom stereocenters. The molecule has 0 saturated carbocycles. The van der Waals surface area contributed by atoms with Gasteiger partial charge in [0.05, 0.1) is 7.11 Å². The van der Waals surface area contributed by atoms with E-state index in [1.807, 2.05) is 26.0 Å². The van der Waals surface area contributed by atoms with Gasteiger partial charge in [0.25, 0.3) is 0 Å². The van der Waals surface area contributed by atoms with Crippen LogP contribution in [0.2, 0.25) is 0 Å². The van der Waals surface area contributed by atoms with Crippen LogP contribution in [0.25, 0.3) is 0 Å². The van der Waals surface area contributed by atoms with Crippen molar-refractivity contribution < 1.29 is 23.5 Å². The molecule has 2 aromatic rings. The predicted molar refractivity (Wildman–Crippen MR) is 107 cm³/mol. The largest absolute Gasteiger partial charge is 0.493 e. The molecule has 0 spiro atoms. The molecular formula is C24H23FO4. The lowest BCUT2D eigenvalue weighted by Crippen LogP contribution is -2.33. The Morgan fingerprint density at radius 3 is 2.59 bits per heavy atom. The molecule has 0 fully saturated rings. The number of ketones is 2.